The first kappa shape index (κ1) is 24.1. The Hall–Kier alpha value is -3.08. The number of hydrogen-bond acceptors (Lipinski definition) is 5. The van der Waals surface area contributed by atoms with E-state index in [4.69, 9.17) is 0 Å². The van der Waals surface area contributed by atoms with E-state index in [1.807, 2.05) is 0 Å². The molecule has 1 unspecified atom stereocenters. The summed E-state index contributed by atoms with van der Waals surface area (Å²) in [4.78, 5) is 26.6. The van der Waals surface area contributed by atoms with Gasteiger partial charge in [-0.25, -0.2) is 8.42 Å². The second-order valence-corrected chi connectivity index (χ2v) is 10.9. The van der Waals surface area contributed by atoms with Crippen LogP contribution in [0.5, 0.6) is 5.75 Å². The van der Waals surface area contributed by atoms with Crippen LogP contribution >= 0.6 is 0 Å². The molecule has 1 aliphatic heterocycles. The maximum Gasteiger partial charge on any atom is 0.573 e. The maximum absolute atomic E-state index is 13.0. The molecule has 7 nitrogen and oxygen atoms in total. The number of rotatable bonds is 7. The lowest BCUT2D eigenvalue weighted by Gasteiger charge is -2.18. The maximum atomic E-state index is 13.0. The van der Waals surface area contributed by atoms with Gasteiger partial charge in [0.15, 0.2) is 9.84 Å². The number of fused-ring (bicyclic) bond motifs is 1. The average molecular weight is 497 g/mol. The zero-order chi connectivity index (χ0) is 24.7. The number of ether oxygens (including phenoxy) is 1. The van der Waals surface area contributed by atoms with Crippen LogP contribution in [0.1, 0.15) is 31.7 Å². The Morgan fingerprint density at radius 2 is 1.82 bits per heavy atom. The summed E-state index contributed by atoms with van der Waals surface area (Å²) in [7, 11) is -3.83. The Balaban J connectivity index is 1.39. The van der Waals surface area contributed by atoms with Gasteiger partial charge in [-0.1, -0.05) is 0 Å². The zero-order valence-electron chi connectivity index (χ0n) is 18.3. The number of nitrogens with one attached hydrogen (secondary N) is 1. The molecule has 0 aromatic heterocycles. The van der Waals surface area contributed by atoms with Gasteiger partial charge >= 0.3 is 6.36 Å². The molecule has 4 rings (SSSR count). The molecule has 1 saturated carbocycles. The quantitative estimate of drug-likeness (QED) is 0.624. The summed E-state index contributed by atoms with van der Waals surface area (Å²) in [6.07, 6.45) is -2.81. The van der Waals surface area contributed by atoms with Crippen molar-refractivity contribution in [1.29, 1.82) is 0 Å². The Bertz CT molecular complexity index is 1210. The Labute approximate surface area is 194 Å². The molecular formula is C23H23F3N2O5S. The first-order valence-electron chi connectivity index (χ1n) is 10.8. The molecule has 2 aromatic carbocycles. The standard InChI is InChI=1S/C23H23F3N2O5S/c1-14(12-21(29)27-17-4-6-18(7-5-17)33-23(24,25)26)34(31,32)19-8-9-20-16(13-19)10-11-28(20)22(30)15-2-3-15/h4-9,13-15H,2-3,10-12H2,1H3,(H,27,29). The van der Waals surface area contributed by atoms with Crippen molar-refractivity contribution >= 4 is 33.0 Å². The molecular weight excluding hydrogens is 473 g/mol. The van der Waals surface area contributed by atoms with Gasteiger partial charge < -0.3 is 15.0 Å². The van der Waals surface area contributed by atoms with E-state index in [9.17, 15) is 31.2 Å². The monoisotopic (exact) mass is 496 g/mol. The van der Waals surface area contributed by atoms with E-state index in [-0.39, 0.29) is 28.8 Å². The minimum atomic E-state index is -4.82. The second kappa shape index (κ2) is 8.94. The number of hydrogen-bond donors (Lipinski definition) is 1. The normalized spacial score (nSPS) is 16.6. The molecule has 0 radical (unpaired) electrons. The number of nitrogens with zero attached hydrogens (tertiary/aromatic N) is 1. The van der Waals surface area contributed by atoms with Gasteiger partial charge in [0.2, 0.25) is 11.8 Å². The lowest BCUT2D eigenvalue weighted by molar-refractivity contribution is -0.274. The summed E-state index contributed by atoms with van der Waals surface area (Å²) in [5.74, 6) is -0.878. The van der Waals surface area contributed by atoms with Crippen LogP contribution in [-0.4, -0.2) is 38.4 Å². The number of alkyl halides is 3. The molecule has 0 saturated heterocycles. The average Bonchev–Trinajstić information content (AvgIpc) is 3.52. The highest BCUT2D eigenvalue weighted by Crippen LogP contribution is 2.37. The Morgan fingerprint density at radius 3 is 2.44 bits per heavy atom. The van der Waals surface area contributed by atoms with Crippen LogP contribution in [0.3, 0.4) is 0 Å². The summed E-state index contributed by atoms with van der Waals surface area (Å²) in [5.41, 5.74) is 1.73. The van der Waals surface area contributed by atoms with E-state index in [1.54, 1.807) is 17.0 Å². The minimum absolute atomic E-state index is 0.0706. The van der Waals surface area contributed by atoms with Crippen molar-refractivity contribution in [2.45, 2.75) is 49.1 Å². The Kier molecular flexibility index (Phi) is 6.32. The van der Waals surface area contributed by atoms with E-state index in [2.05, 4.69) is 10.1 Å². The van der Waals surface area contributed by atoms with E-state index in [0.717, 1.165) is 36.2 Å². The summed E-state index contributed by atoms with van der Waals surface area (Å²) >= 11 is 0. The number of halogens is 3. The number of benzene rings is 2. The minimum Gasteiger partial charge on any atom is -0.406 e. The Morgan fingerprint density at radius 1 is 1.15 bits per heavy atom. The van der Waals surface area contributed by atoms with Gasteiger partial charge in [0.05, 0.1) is 10.1 Å². The van der Waals surface area contributed by atoms with Crippen LogP contribution in [0.15, 0.2) is 47.4 Å². The highest BCUT2D eigenvalue weighted by atomic mass is 32.2. The third-order valence-corrected chi connectivity index (χ3v) is 7.98. The predicted octanol–water partition coefficient (Wildman–Crippen LogP) is 4.08. The second-order valence-electron chi connectivity index (χ2n) is 8.48. The predicted molar refractivity (Wildman–Crippen MR) is 118 cm³/mol. The molecule has 34 heavy (non-hydrogen) atoms. The SMILES string of the molecule is CC(CC(=O)Nc1ccc(OC(F)(F)F)cc1)S(=O)(=O)c1ccc2c(c1)CCN2C(=O)C1CC1. The van der Waals surface area contributed by atoms with Crippen LogP contribution in [0.25, 0.3) is 0 Å². The van der Waals surface area contributed by atoms with Crippen LogP contribution in [0.4, 0.5) is 24.5 Å². The third-order valence-electron chi connectivity index (χ3n) is 5.84. The van der Waals surface area contributed by atoms with Crippen molar-refractivity contribution in [3.05, 3.63) is 48.0 Å². The molecule has 2 aliphatic rings. The summed E-state index contributed by atoms with van der Waals surface area (Å²) in [5, 5.41) is 1.44. The zero-order valence-corrected chi connectivity index (χ0v) is 19.1. The summed E-state index contributed by atoms with van der Waals surface area (Å²) < 4.78 is 66.6. The van der Waals surface area contributed by atoms with Gasteiger partial charge in [-0.15, -0.1) is 13.2 Å². The lowest BCUT2D eigenvalue weighted by Crippen LogP contribution is -2.30. The van der Waals surface area contributed by atoms with E-state index >= 15 is 0 Å². The lowest BCUT2D eigenvalue weighted by atomic mass is 10.2. The van der Waals surface area contributed by atoms with Crippen LogP contribution < -0.4 is 15.0 Å². The molecule has 1 fully saturated rings. The van der Waals surface area contributed by atoms with E-state index < -0.39 is 33.1 Å². The fourth-order valence-electron chi connectivity index (χ4n) is 3.89. The molecule has 2 aromatic rings. The molecule has 1 aliphatic carbocycles. The fraction of sp³-hybridized carbons (Fsp3) is 0.391. The van der Waals surface area contributed by atoms with Crippen molar-refractivity contribution in [2.75, 3.05) is 16.8 Å². The number of amides is 2. The number of anilines is 2. The number of sulfone groups is 1. The van der Waals surface area contributed by atoms with Crippen molar-refractivity contribution in [3.63, 3.8) is 0 Å². The van der Waals surface area contributed by atoms with Gasteiger partial charge in [-0.2, -0.15) is 0 Å². The molecule has 2 amide bonds. The van der Waals surface area contributed by atoms with Crippen molar-refractivity contribution in [3.8, 4) is 5.75 Å². The van der Waals surface area contributed by atoms with E-state index in [1.165, 1.54) is 25.1 Å². The molecule has 1 N–H and O–H groups in total. The van der Waals surface area contributed by atoms with Crippen LogP contribution in [0.2, 0.25) is 0 Å². The molecule has 0 bridgehead atoms. The molecule has 1 heterocycles. The van der Waals surface area contributed by atoms with Crippen molar-refractivity contribution in [2.24, 2.45) is 5.92 Å². The summed E-state index contributed by atoms with van der Waals surface area (Å²) in [6.45, 7) is 1.95. The van der Waals surface area contributed by atoms with Gasteiger partial charge in [0.25, 0.3) is 0 Å². The van der Waals surface area contributed by atoms with Gasteiger partial charge in [0, 0.05) is 30.3 Å². The van der Waals surface area contributed by atoms with E-state index in [0.29, 0.717) is 13.0 Å². The molecule has 0 spiro atoms. The van der Waals surface area contributed by atoms with Crippen LogP contribution in [-0.2, 0) is 25.8 Å². The highest BCUT2D eigenvalue weighted by molar-refractivity contribution is 7.92. The first-order valence-corrected chi connectivity index (χ1v) is 12.3. The fourth-order valence-corrected chi connectivity index (χ4v) is 5.29. The molecule has 1 atom stereocenters. The first-order chi connectivity index (χ1) is 15.9. The van der Waals surface area contributed by atoms with Gasteiger partial charge in [-0.05, 0) is 74.2 Å². The smallest absolute Gasteiger partial charge is 0.406 e. The molecule has 182 valence electrons. The van der Waals surface area contributed by atoms with Crippen molar-refractivity contribution < 1.29 is 35.9 Å². The third kappa shape index (κ3) is 5.35. The van der Waals surface area contributed by atoms with Gasteiger partial charge in [-0.3, -0.25) is 9.59 Å². The van der Waals surface area contributed by atoms with Crippen LogP contribution in [0, 0.1) is 5.92 Å². The number of carbonyl (C=O) groups excluding carboxylic acids is 2. The molecule has 11 heteroatoms. The van der Waals surface area contributed by atoms with Crippen molar-refractivity contribution in [1.82, 2.24) is 0 Å². The topological polar surface area (TPSA) is 92.8 Å². The largest absolute Gasteiger partial charge is 0.573 e. The van der Waals surface area contributed by atoms with Gasteiger partial charge in [0.1, 0.15) is 5.75 Å². The summed E-state index contributed by atoms with van der Waals surface area (Å²) in [6, 6.07) is 9.22. The highest BCUT2D eigenvalue weighted by Gasteiger charge is 2.37. The number of carbonyl (C=O) groups is 2.